The summed E-state index contributed by atoms with van der Waals surface area (Å²) < 4.78 is 5.48. The summed E-state index contributed by atoms with van der Waals surface area (Å²) in [6.07, 6.45) is -3.64. The molecule has 0 bridgehead atoms. The van der Waals surface area contributed by atoms with Gasteiger partial charge in [0.1, 0.15) is 49.9 Å². The molecule has 378 valence electrons. The normalized spacial score (nSPS) is 15.1. The summed E-state index contributed by atoms with van der Waals surface area (Å²) in [6, 6.07) is 6.75. The summed E-state index contributed by atoms with van der Waals surface area (Å²) in [5.41, 5.74) is 0.802. The van der Waals surface area contributed by atoms with Crippen LogP contribution in [0.5, 0.6) is 0 Å². The molecule has 0 aliphatic heterocycles. The number of fused-ring (bicyclic) bond motifs is 3. The fourth-order valence-electron chi connectivity index (χ4n) is 7.29. The number of carbonyl (C=O) groups is 10. The monoisotopic (exact) mass is 967 g/mol. The number of rotatable bonds is 23. The standard InChI is InChI=1S/C46H65N9O14/c1-10-23(2)33(39(62)53-34(35(60)41(64)48-9)40(63)54-36(45(3,4)5)43(66)55-37(46(6,7)68)42(65)49-21-32(58)59)52-38(61)29(19-30(56)47-8)51-31(57)20-50-44(67)69-22-28-26-17-13-11-15-24(26)25-16-12-14-18-27(25)28/h11-18,23,28-29,33-37,60,68H,10,19-22H2,1-9H3,(H,47,56)(H,48,64)(H,49,65)(H,50,67)(H,51,57)(H,52,61)(H,53,62)(H,54,63)(H,55,66)(H,58,59)/t23-,29+,33-,34+,35+,36+,37-/m0/s1. The Kier molecular flexibility index (Phi) is 20.2. The quantitative estimate of drug-likeness (QED) is 0.0589. The number of carboxylic acid groups (broad SMARTS) is 1. The van der Waals surface area contributed by atoms with Crippen LogP contribution in [0.1, 0.15) is 78.4 Å². The maximum Gasteiger partial charge on any atom is 0.407 e. The van der Waals surface area contributed by atoms with Crippen LogP contribution in [0.2, 0.25) is 0 Å². The van der Waals surface area contributed by atoms with Crippen molar-refractivity contribution in [2.45, 2.75) is 109 Å². The van der Waals surface area contributed by atoms with Crippen LogP contribution in [-0.2, 0) is 47.9 Å². The summed E-state index contributed by atoms with van der Waals surface area (Å²) >= 11 is 0. The van der Waals surface area contributed by atoms with E-state index in [4.69, 9.17) is 9.84 Å². The van der Waals surface area contributed by atoms with Crippen molar-refractivity contribution in [3.05, 3.63) is 59.7 Å². The van der Waals surface area contributed by atoms with E-state index in [9.17, 15) is 58.2 Å². The van der Waals surface area contributed by atoms with E-state index in [1.54, 1.807) is 13.8 Å². The highest BCUT2D eigenvalue weighted by Crippen LogP contribution is 2.44. The lowest BCUT2D eigenvalue weighted by Crippen LogP contribution is -2.66. The van der Waals surface area contributed by atoms with Gasteiger partial charge in [0.25, 0.3) is 5.91 Å². The second-order valence-corrected chi connectivity index (χ2v) is 18.1. The maximum absolute atomic E-state index is 14.1. The minimum absolute atomic E-state index is 0.0430. The van der Waals surface area contributed by atoms with E-state index >= 15 is 0 Å². The Bertz CT molecular complexity index is 2200. The Morgan fingerprint density at radius 3 is 1.68 bits per heavy atom. The van der Waals surface area contributed by atoms with Crippen LogP contribution in [0.25, 0.3) is 11.1 Å². The van der Waals surface area contributed by atoms with Crippen molar-refractivity contribution in [2.75, 3.05) is 33.8 Å². The molecule has 0 radical (unpaired) electrons. The smallest absolute Gasteiger partial charge is 0.407 e. The van der Waals surface area contributed by atoms with Gasteiger partial charge in [-0.3, -0.25) is 43.2 Å². The van der Waals surface area contributed by atoms with Gasteiger partial charge in [-0.05, 0) is 47.4 Å². The van der Waals surface area contributed by atoms with E-state index in [-0.39, 0.29) is 18.9 Å². The number of benzene rings is 2. The zero-order valence-corrected chi connectivity index (χ0v) is 40.1. The Hall–Kier alpha value is -7.14. The molecule has 9 amide bonds. The molecule has 0 spiro atoms. The molecule has 12 N–H and O–H groups in total. The number of aliphatic hydroxyl groups is 2. The van der Waals surface area contributed by atoms with Gasteiger partial charge in [0.2, 0.25) is 41.4 Å². The highest BCUT2D eigenvalue weighted by atomic mass is 16.5. The third kappa shape index (κ3) is 15.7. The number of carboxylic acids is 1. The number of hydrogen-bond donors (Lipinski definition) is 12. The van der Waals surface area contributed by atoms with Crippen molar-refractivity contribution in [2.24, 2.45) is 11.3 Å². The van der Waals surface area contributed by atoms with Gasteiger partial charge in [-0.15, -0.1) is 0 Å². The molecule has 0 saturated carbocycles. The second kappa shape index (κ2) is 24.8. The Labute approximate surface area is 399 Å². The molecule has 23 nitrogen and oxygen atoms in total. The van der Waals surface area contributed by atoms with Crippen LogP contribution in [-0.4, -0.2) is 150 Å². The first-order valence-electron chi connectivity index (χ1n) is 22.2. The minimum atomic E-state index is -2.30. The van der Waals surface area contributed by atoms with Crippen LogP contribution in [0.15, 0.2) is 48.5 Å². The van der Waals surface area contributed by atoms with Gasteiger partial charge >= 0.3 is 12.1 Å². The largest absolute Gasteiger partial charge is 0.480 e. The Balaban J connectivity index is 1.78. The van der Waals surface area contributed by atoms with Crippen LogP contribution < -0.4 is 47.9 Å². The van der Waals surface area contributed by atoms with Crippen molar-refractivity contribution in [3.63, 3.8) is 0 Å². The number of carbonyl (C=O) groups excluding carboxylic acids is 9. The van der Waals surface area contributed by atoms with Crippen molar-refractivity contribution >= 4 is 59.3 Å². The van der Waals surface area contributed by atoms with Crippen LogP contribution in [0, 0.1) is 11.3 Å². The third-order valence-electron chi connectivity index (χ3n) is 11.3. The molecule has 3 rings (SSSR count). The van der Waals surface area contributed by atoms with Gasteiger partial charge in [-0.25, -0.2) is 4.79 Å². The van der Waals surface area contributed by atoms with Crippen molar-refractivity contribution in [3.8, 4) is 11.1 Å². The van der Waals surface area contributed by atoms with Crippen LogP contribution >= 0.6 is 0 Å². The number of likely N-dealkylation sites (N-methyl/N-ethyl adjacent to an activating group) is 1. The number of amides is 9. The predicted molar refractivity (Wildman–Crippen MR) is 247 cm³/mol. The molecule has 0 fully saturated rings. The Morgan fingerprint density at radius 1 is 0.638 bits per heavy atom. The lowest BCUT2D eigenvalue weighted by molar-refractivity contribution is -0.143. The van der Waals surface area contributed by atoms with Crippen molar-refractivity contribution in [1.82, 2.24) is 47.9 Å². The first-order chi connectivity index (χ1) is 32.2. The van der Waals surface area contributed by atoms with Gasteiger partial charge < -0.3 is 67.9 Å². The number of aliphatic carboxylic acids is 1. The SMILES string of the molecule is CC[C@H](C)[C@H](NC(=O)[C@@H](CC(=O)NC)NC(=O)CNC(=O)OCC1c2ccccc2-c2ccccc21)C(=O)N[C@@H](C(=O)N[C@H](C(=O)N[C@@H](C(=O)NCC(=O)O)C(C)(C)O)C(C)(C)C)[C@@H](O)C(=O)NC. The summed E-state index contributed by atoms with van der Waals surface area (Å²) in [6.45, 7) is 8.49. The molecule has 0 aromatic heterocycles. The number of aliphatic hydroxyl groups excluding tert-OH is 1. The summed E-state index contributed by atoms with van der Waals surface area (Å²) in [4.78, 5) is 131. The zero-order valence-electron chi connectivity index (χ0n) is 40.1. The molecule has 2 aromatic carbocycles. The molecule has 23 heteroatoms. The molecular formula is C46H65N9O14. The molecule has 0 unspecified atom stereocenters. The van der Waals surface area contributed by atoms with Gasteiger partial charge in [0.15, 0.2) is 6.10 Å². The van der Waals surface area contributed by atoms with E-state index in [2.05, 4.69) is 47.9 Å². The van der Waals surface area contributed by atoms with Crippen LogP contribution in [0.4, 0.5) is 4.79 Å². The number of hydrogen-bond acceptors (Lipinski definition) is 13. The van der Waals surface area contributed by atoms with Gasteiger partial charge in [0.05, 0.1) is 12.0 Å². The van der Waals surface area contributed by atoms with E-state index < -0.39 is 132 Å². The summed E-state index contributed by atoms with van der Waals surface area (Å²) in [5, 5.41) is 51.5. The highest BCUT2D eigenvalue weighted by molar-refractivity contribution is 6.00. The summed E-state index contributed by atoms with van der Waals surface area (Å²) in [7, 11) is 2.42. The highest BCUT2D eigenvalue weighted by Gasteiger charge is 2.43. The van der Waals surface area contributed by atoms with Gasteiger partial charge in [-0.2, -0.15) is 0 Å². The topological polar surface area (TPSA) is 349 Å². The molecule has 2 aromatic rings. The third-order valence-corrected chi connectivity index (χ3v) is 11.3. The fraction of sp³-hybridized carbons (Fsp3) is 0.522. The van der Waals surface area contributed by atoms with E-state index in [0.29, 0.717) is 0 Å². The first kappa shape index (κ1) is 56.2. The average molecular weight is 968 g/mol. The number of ether oxygens (including phenoxy) is 1. The molecule has 1 aliphatic rings. The second-order valence-electron chi connectivity index (χ2n) is 18.1. The maximum atomic E-state index is 14.1. The zero-order chi connectivity index (χ0) is 52.0. The number of alkyl carbamates (subject to hydrolysis) is 1. The summed E-state index contributed by atoms with van der Waals surface area (Å²) in [5.74, 6) is -10.7. The predicted octanol–water partition coefficient (Wildman–Crippen LogP) is -1.74. The molecule has 0 heterocycles. The van der Waals surface area contributed by atoms with Gasteiger partial charge in [-0.1, -0.05) is 89.6 Å². The molecule has 1 aliphatic carbocycles. The van der Waals surface area contributed by atoms with Crippen molar-refractivity contribution in [1.29, 1.82) is 0 Å². The Morgan fingerprint density at radius 2 is 1.17 bits per heavy atom. The average Bonchev–Trinajstić information content (AvgIpc) is 3.62. The fourth-order valence-corrected chi connectivity index (χ4v) is 7.29. The molecule has 69 heavy (non-hydrogen) atoms. The molecular weight excluding hydrogens is 903 g/mol. The lowest BCUT2D eigenvalue weighted by atomic mass is 9.85. The van der Waals surface area contributed by atoms with E-state index in [1.807, 2.05) is 48.5 Å². The van der Waals surface area contributed by atoms with Gasteiger partial charge in [0, 0.05) is 20.0 Å². The molecule has 0 saturated heterocycles. The minimum Gasteiger partial charge on any atom is -0.480 e. The first-order valence-corrected chi connectivity index (χ1v) is 22.2. The molecule has 7 atom stereocenters. The number of nitrogens with one attached hydrogen (secondary N) is 9. The van der Waals surface area contributed by atoms with Crippen LogP contribution in [0.3, 0.4) is 0 Å². The van der Waals surface area contributed by atoms with E-state index in [0.717, 1.165) is 29.3 Å². The van der Waals surface area contributed by atoms with Crippen molar-refractivity contribution < 1.29 is 68.0 Å². The lowest BCUT2D eigenvalue weighted by Gasteiger charge is -2.36. The van der Waals surface area contributed by atoms with E-state index in [1.165, 1.54) is 41.7 Å².